The van der Waals surface area contributed by atoms with E-state index >= 15 is 0 Å². The van der Waals surface area contributed by atoms with Crippen LogP contribution >= 0.6 is 8.19 Å². The Morgan fingerprint density at radius 2 is 1.67 bits per heavy atom. The molecule has 0 N–H and O–H groups in total. The van der Waals surface area contributed by atoms with Gasteiger partial charge in [-0.15, -0.1) is 5.30 Å². The Morgan fingerprint density at radius 1 is 1.25 bits per heavy atom. The summed E-state index contributed by atoms with van der Waals surface area (Å²) in [6.45, 7) is 4.28. The topological polar surface area (TPSA) is 46.1 Å². The summed E-state index contributed by atoms with van der Waals surface area (Å²) >= 11 is 0. The largest absolute Gasteiger partial charge is 3.00 e. The molecule has 0 aliphatic carbocycles. The Morgan fingerprint density at radius 3 is 1.75 bits per heavy atom. The first-order valence-corrected chi connectivity index (χ1v) is 4.13. The maximum atomic E-state index is 8.25. The molecule has 0 unspecified atom stereocenters. The summed E-state index contributed by atoms with van der Waals surface area (Å²) in [5, 5.41) is 18.0. The third kappa shape index (κ3) is 10.4. The van der Waals surface area contributed by atoms with Gasteiger partial charge in [-0.3, -0.25) is 0 Å². The van der Waals surface area contributed by atoms with Crippen LogP contribution in [-0.2, 0) is 21.7 Å². The molecular weight excluding hydrogens is 207 g/mol. The van der Waals surface area contributed by atoms with E-state index < -0.39 is 0 Å². The second-order valence-corrected chi connectivity index (χ2v) is 3.01. The summed E-state index contributed by atoms with van der Waals surface area (Å²) in [6, 6.07) is 2.21. The molecule has 0 bridgehead atoms. The average molecular weight is 221 g/mol. The molecule has 1 radical (unpaired) electrons. The van der Waals surface area contributed by atoms with E-state index in [1.54, 1.807) is 0 Å². The minimum Gasteiger partial charge on any atom is -0.857 e. The zero-order chi connectivity index (χ0) is 9.28. The third-order valence-corrected chi connectivity index (χ3v) is 1.98. The van der Waals surface area contributed by atoms with E-state index in [1.807, 2.05) is 0 Å². The standard InChI is InChI=1S/C6H8P.2CH3O.Ti/c1-5-3-6(2)7-4-5;2*1-2;/h3-4H,1-2H3;2*1H3;/q3*-1;+3. The van der Waals surface area contributed by atoms with Crippen LogP contribution in [0, 0.1) is 13.8 Å². The molecule has 1 aromatic rings. The molecular formula is C8H14O2PTi. The van der Waals surface area contributed by atoms with Crippen LogP contribution in [0.2, 0.25) is 0 Å². The van der Waals surface area contributed by atoms with Gasteiger partial charge in [-0.2, -0.15) is 31.6 Å². The van der Waals surface area contributed by atoms with Crippen LogP contribution in [-0.4, -0.2) is 14.2 Å². The zero-order valence-corrected chi connectivity index (χ0v) is 10.4. The minimum absolute atomic E-state index is 0. The Labute approximate surface area is 91.0 Å². The van der Waals surface area contributed by atoms with E-state index in [1.165, 1.54) is 19.1 Å². The molecule has 0 aliphatic rings. The van der Waals surface area contributed by atoms with Crippen molar-refractivity contribution in [1.82, 2.24) is 0 Å². The normalized spacial score (nSPS) is 7.17. The van der Waals surface area contributed by atoms with Crippen molar-refractivity contribution in [3.63, 3.8) is 0 Å². The molecule has 0 aromatic carbocycles. The molecule has 0 saturated carbocycles. The van der Waals surface area contributed by atoms with Gasteiger partial charge in [0.1, 0.15) is 0 Å². The van der Waals surface area contributed by atoms with Crippen LogP contribution in [0.25, 0.3) is 0 Å². The smallest absolute Gasteiger partial charge is 0.857 e. The van der Waals surface area contributed by atoms with Crippen molar-refractivity contribution in [3.05, 3.63) is 22.7 Å². The van der Waals surface area contributed by atoms with Gasteiger partial charge in [0, 0.05) is 0 Å². The zero-order valence-electron chi connectivity index (χ0n) is 7.92. The van der Waals surface area contributed by atoms with E-state index in [0.29, 0.717) is 0 Å². The first-order chi connectivity index (χ1) is 5.29. The van der Waals surface area contributed by atoms with Crippen LogP contribution in [0.1, 0.15) is 10.9 Å². The van der Waals surface area contributed by atoms with Gasteiger partial charge >= 0.3 is 21.7 Å². The van der Waals surface area contributed by atoms with Gasteiger partial charge in [0.05, 0.1) is 0 Å². The molecule has 67 valence electrons. The van der Waals surface area contributed by atoms with Crippen LogP contribution in [0.5, 0.6) is 0 Å². The van der Waals surface area contributed by atoms with Crippen molar-refractivity contribution < 1.29 is 31.9 Å². The number of hydrogen-bond donors (Lipinski definition) is 0. The van der Waals surface area contributed by atoms with Crippen LogP contribution < -0.4 is 10.2 Å². The Hall–Kier alpha value is 0.414. The molecule has 2 nitrogen and oxygen atoms in total. The van der Waals surface area contributed by atoms with E-state index in [4.69, 9.17) is 10.2 Å². The molecule has 0 amide bonds. The maximum absolute atomic E-state index is 8.25. The summed E-state index contributed by atoms with van der Waals surface area (Å²) in [4.78, 5) is 0. The monoisotopic (exact) mass is 221 g/mol. The van der Waals surface area contributed by atoms with Crippen molar-refractivity contribution in [2.75, 3.05) is 14.2 Å². The van der Waals surface area contributed by atoms with Crippen molar-refractivity contribution in [1.29, 1.82) is 0 Å². The molecule has 1 rings (SSSR count). The van der Waals surface area contributed by atoms with Gasteiger partial charge in [-0.25, -0.2) is 8.19 Å². The molecule has 0 saturated heterocycles. The van der Waals surface area contributed by atoms with Crippen molar-refractivity contribution in [2.24, 2.45) is 0 Å². The van der Waals surface area contributed by atoms with E-state index in [2.05, 4.69) is 25.7 Å². The number of rotatable bonds is 0. The predicted octanol–water partition coefficient (Wildman–Crippen LogP) is 0.553. The fraction of sp³-hybridized carbons (Fsp3) is 0.500. The van der Waals surface area contributed by atoms with Gasteiger partial charge in [-0.05, 0) is 0 Å². The maximum Gasteiger partial charge on any atom is 3.00 e. The van der Waals surface area contributed by atoms with Crippen molar-refractivity contribution in [2.45, 2.75) is 13.8 Å². The minimum atomic E-state index is 0. The summed E-state index contributed by atoms with van der Waals surface area (Å²) in [5.74, 6) is 2.22. The van der Waals surface area contributed by atoms with Gasteiger partial charge < -0.3 is 10.2 Å². The SMILES string of the molecule is C[O-].C[O-].Cc1cp[c-](C)c1.[Ti+3]. The van der Waals surface area contributed by atoms with Crippen LogP contribution in [0.4, 0.5) is 0 Å². The van der Waals surface area contributed by atoms with Gasteiger partial charge in [0.25, 0.3) is 0 Å². The molecule has 1 heterocycles. The van der Waals surface area contributed by atoms with Gasteiger partial charge in [0.2, 0.25) is 0 Å². The van der Waals surface area contributed by atoms with Crippen LogP contribution in [0.15, 0.2) is 11.9 Å². The molecule has 0 atom stereocenters. The van der Waals surface area contributed by atoms with Crippen molar-refractivity contribution in [3.8, 4) is 0 Å². The molecule has 12 heavy (non-hydrogen) atoms. The fourth-order valence-corrected chi connectivity index (χ4v) is 1.37. The summed E-state index contributed by atoms with van der Waals surface area (Å²) < 4.78 is 0. The first-order valence-electron chi connectivity index (χ1n) is 3.16. The molecule has 0 spiro atoms. The quantitative estimate of drug-likeness (QED) is 0.474. The first kappa shape index (κ1) is 18.2. The van der Waals surface area contributed by atoms with E-state index in [0.717, 1.165) is 14.2 Å². The second-order valence-electron chi connectivity index (χ2n) is 1.79. The molecule has 0 aliphatic heterocycles. The van der Waals surface area contributed by atoms with E-state index in [-0.39, 0.29) is 21.7 Å². The molecule has 4 heteroatoms. The Bertz CT molecular complexity index is 149. The molecule has 0 fully saturated rings. The molecule has 1 aromatic heterocycles. The Kier molecular flexibility index (Phi) is 21.2. The average Bonchev–Trinajstić information content (AvgIpc) is 2.43. The number of hydrogen-bond acceptors (Lipinski definition) is 2. The number of aryl methyl sites for hydroxylation is 2. The fourth-order valence-electron chi connectivity index (χ4n) is 0.608. The predicted molar refractivity (Wildman–Crippen MR) is 45.9 cm³/mol. The Balaban J connectivity index is -0.000000144. The van der Waals surface area contributed by atoms with Gasteiger partial charge in [-0.1, -0.05) is 13.8 Å². The van der Waals surface area contributed by atoms with E-state index in [9.17, 15) is 0 Å². The second kappa shape index (κ2) is 14.0. The van der Waals surface area contributed by atoms with Crippen molar-refractivity contribution >= 4 is 8.19 Å². The summed E-state index contributed by atoms with van der Waals surface area (Å²) in [6.07, 6.45) is 0. The third-order valence-electron chi connectivity index (χ3n) is 0.908. The summed E-state index contributed by atoms with van der Waals surface area (Å²) in [7, 11) is 2.88. The van der Waals surface area contributed by atoms with Gasteiger partial charge in [0.15, 0.2) is 0 Å². The van der Waals surface area contributed by atoms with Crippen LogP contribution in [0.3, 0.4) is 0 Å². The summed E-state index contributed by atoms with van der Waals surface area (Å²) in [5.41, 5.74) is 1.40.